The number of benzene rings is 2. The largest absolute Gasteiger partial charge is 0.507 e. The molecule has 9 nitrogen and oxygen atoms in total. The Balaban J connectivity index is 1.61. The van der Waals surface area contributed by atoms with Gasteiger partial charge in [0.1, 0.15) is 24.7 Å². The van der Waals surface area contributed by atoms with E-state index < -0.39 is 17.7 Å². The van der Waals surface area contributed by atoms with E-state index in [0.717, 1.165) is 12.8 Å². The first-order chi connectivity index (χ1) is 19.0. The number of furan rings is 1. The van der Waals surface area contributed by atoms with Crippen LogP contribution in [0.25, 0.3) is 5.76 Å². The summed E-state index contributed by atoms with van der Waals surface area (Å²) in [6, 6.07) is 12.8. The van der Waals surface area contributed by atoms with Crippen LogP contribution in [0, 0.1) is 0 Å². The second kappa shape index (κ2) is 11.6. The number of amides is 1. The molecule has 1 fully saturated rings. The summed E-state index contributed by atoms with van der Waals surface area (Å²) in [6.45, 7) is 5.73. The number of likely N-dealkylation sites (tertiary alicyclic amines) is 1. The molecule has 2 aromatic carbocycles. The highest BCUT2D eigenvalue weighted by Crippen LogP contribution is 2.43. The van der Waals surface area contributed by atoms with Gasteiger partial charge in [0.05, 0.1) is 37.6 Å². The third kappa shape index (κ3) is 5.30. The van der Waals surface area contributed by atoms with Crippen molar-refractivity contribution >= 4 is 17.4 Å². The van der Waals surface area contributed by atoms with Crippen molar-refractivity contribution in [2.75, 3.05) is 26.4 Å². The Hall–Kier alpha value is -4.40. The van der Waals surface area contributed by atoms with Gasteiger partial charge in [-0.3, -0.25) is 9.59 Å². The number of unbranched alkanes of at least 4 members (excludes halogenated alkanes) is 1. The van der Waals surface area contributed by atoms with Crippen LogP contribution in [0.5, 0.6) is 23.0 Å². The second-order valence-electron chi connectivity index (χ2n) is 9.21. The van der Waals surface area contributed by atoms with Gasteiger partial charge in [0.2, 0.25) is 0 Å². The fourth-order valence-electron chi connectivity index (χ4n) is 4.71. The standard InChI is InChI=1S/C30H31NO8/c1-3-5-12-37-22-10-8-19(16-24(22)35-4-2)27-26(29(33)30(34)31(27)18-21-7-6-13-36-21)28(32)20-9-11-23-25(17-20)39-15-14-38-23/h6-11,13,16-17,27,32H,3-5,12,14-15,18H2,1-2H3/b28-26+/t27-/m1/s1. The maximum atomic E-state index is 13.4. The maximum Gasteiger partial charge on any atom is 0.296 e. The van der Waals surface area contributed by atoms with E-state index in [1.54, 1.807) is 48.5 Å². The molecule has 0 aliphatic carbocycles. The SMILES string of the molecule is CCCCOc1ccc([C@@H]2/C(=C(\O)c3ccc4c(c3)OCCO4)C(=O)C(=O)N2Cc2ccco2)cc1OCC. The molecule has 1 N–H and O–H groups in total. The summed E-state index contributed by atoms with van der Waals surface area (Å²) in [5.41, 5.74) is 0.890. The summed E-state index contributed by atoms with van der Waals surface area (Å²) >= 11 is 0. The van der Waals surface area contributed by atoms with Crippen molar-refractivity contribution in [3.63, 3.8) is 0 Å². The highest BCUT2D eigenvalue weighted by atomic mass is 16.6. The zero-order chi connectivity index (χ0) is 27.4. The van der Waals surface area contributed by atoms with E-state index in [1.807, 2.05) is 6.92 Å². The molecule has 9 heteroatoms. The number of Topliss-reactive ketones (excluding diaryl/α,β-unsaturated/α-hetero) is 1. The molecular formula is C30H31NO8. The minimum absolute atomic E-state index is 0.0367. The van der Waals surface area contributed by atoms with Gasteiger partial charge in [-0.1, -0.05) is 19.4 Å². The van der Waals surface area contributed by atoms with Crippen LogP contribution in [0.3, 0.4) is 0 Å². The molecule has 0 bridgehead atoms. The van der Waals surface area contributed by atoms with Gasteiger partial charge >= 0.3 is 0 Å². The van der Waals surface area contributed by atoms with Crippen LogP contribution in [0.15, 0.2) is 64.8 Å². The summed E-state index contributed by atoms with van der Waals surface area (Å²) in [5, 5.41) is 11.5. The monoisotopic (exact) mass is 533 g/mol. The van der Waals surface area contributed by atoms with E-state index in [1.165, 1.54) is 11.2 Å². The van der Waals surface area contributed by atoms with Crippen molar-refractivity contribution in [2.45, 2.75) is 39.3 Å². The normalized spacial score (nSPS) is 17.9. The molecule has 0 spiro atoms. The summed E-state index contributed by atoms with van der Waals surface area (Å²) < 4.78 is 28.5. The van der Waals surface area contributed by atoms with Gasteiger partial charge in [-0.25, -0.2) is 0 Å². The number of carbonyl (C=O) groups is 2. The molecule has 0 saturated carbocycles. The predicted molar refractivity (Wildman–Crippen MR) is 142 cm³/mol. The smallest absolute Gasteiger partial charge is 0.296 e. The third-order valence-corrected chi connectivity index (χ3v) is 6.60. The van der Waals surface area contributed by atoms with Crippen LogP contribution in [-0.4, -0.2) is 48.1 Å². The Morgan fingerprint density at radius 2 is 1.82 bits per heavy atom. The van der Waals surface area contributed by atoms with Crippen molar-refractivity contribution in [2.24, 2.45) is 0 Å². The van der Waals surface area contributed by atoms with Gasteiger partial charge < -0.3 is 33.4 Å². The Bertz CT molecular complexity index is 1380. The molecule has 0 unspecified atom stereocenters. The molecule has 1 saturated heterocycles. The van der Waals surface area contributed by atoms with Gasteiger partial charge in [-0.2, -0.15) is 0 Å². The lowest BCUT2D eigenvalue weighted by atomic mass is 9.94. The molecule has 1 amide bonds. The number of carbonyl (C=O) groups excluding carboxylic acids is 2. The van der Waals surface area contributed by atoms with Gasteiger partial charge in [0.15, 0.2) is 23.0 Å². The number of ketones is 1. The fraction of sp³-hybridized carbons (Fsp3) is 0.333. The van der Waals surface area contributed by atoms with E-state index in [-0.39, 0.29) is 17.9 Å². The molecular weight excluding hydrogens is 502 g/mol. The highest BCUT2D eigenvalue weighted by Gasteiger charge is 2.46. The average Bonchev–Trinajstić information content (AvgIpc) is 3.56. The van der Waals surface area contributed by atoms with Crippen molar-refractivity contribution in [3.05, 3.63) is 77.3 Å². The van der Waals surface area contributed by atoms with Crippen LogP contribution in [0.4, 0.5) is 0 Å². The third-order valence-electron chi connectivity index (χ3n) is 6.60. The van der Waals surface area contributed by atoms with E-state index in [4.69, 9.17) is 23.4 Å². The van der Waals surface area contributed by atoms with Crippen molar-refractivity contribution < 1.29 is 38.1 Å². The molecule has 3 aromatic rings. The zero-order valence-electron chi connectivity index (χ0n) is 22.0. The average molecular weight is 534 g/mol. The zero-order valence-corrected chi connectivity index (χ0v) is 22.0. The Kier molecular flexibility index (Phi) is 7.76. The molecule has 5 rings (SSSR count). The molecule has 2 aliphatic rings. The topological polar surface area (TPSA) is 108 Å². The molecule has 1 atom stereocenters. The maximum absolute atomic E-state index is 13.4. The van der Waals surface area contributed by atoms with Gasteiger partial charge in [-0.15, -0.1) is 0 Å². The number of rotatable bonds is 10. The molecule has 0 radical (unpaired) electrons. The second-order valence-corrected chi connectivity index (χ2v) is 9.21. The molecule has 2 aliphatic heterocycles. The first-order valence-electron chi connectivity index (χ1n) is 13.1. The van der Waals surface area contributed by atoms with Crippen LogP contribution in [0.2, 0.25) is 0 Å². The number of fused-ring (bicyclic) bond motifs is 1. The van der Waals surface area contributed by atoms with Crippen molar-refractivity contribution in [3.8, 4) is 23.0 Å². The van der Waals surface area contributed by atoms with Crippen molar-refractivity contribution in [1.29, 1.82) is 0 Å². The number of ether oxygens (including phenoxy) is 4. The van der Waals surface area contributed by atoms with Gasteiger partial charge in [-0.05, 0) is 61.4 Å². The van der Waals surface area contributed by atoms with Crippen LogP contribution < -0.4 is 18.9 Å². The van der Waals surface area contributed by atoms with E-state index in [0.29, 0.717) is 66.3 Å². The quantitative estimate of drug-likeness (QED) is 0.163. The number of hydrogen-bond acceptors (Lipinski definition) is 8. The summed E-state index contributed by atoms with van der Waals surface area (Å²) in [7, 11) is 0. The summed E-state index contributed by atoms with van der Waals surface area (Å²) in [5.74, 6) is 0.741. The summed E-state index contributed by atoms with van der Waals surface area (Å²) in [4.78, 5) is 28.2. The first kappa shape index (κ1) is 26.2. The lowest BCUT2D eigenvalue weighted by molar-refractivity contribution is -0.140. The minimum Gasteiger partial charge on any atom is -0.507 e. The molecule has 3 heterocycles. The van der Waals surface area contributed by atoms with Crippen LogP contribution in [-0.2, 0) is 16.1 Å². The van der Waals surface area contributed by atoms with E-state index in [9.17, 15) is 14.7 Å². The van der Waals surface area contributed by atoms with E-state index in [2.05, 4.69) is 6.92 Å². The molecule has 204 valence electrons. The predicted octanol–water partition coefficient (Wildman–Crippen LogP) is 5.25. The first-order valence-corrected chi connectivity index (χ1v) is 13.1. The van der Waals surface area contributed by atoms with Gasteiger partial charge in [0.25, 0.3) is 11.7 Å². The lowest BCUT2D eigenvalue weighted by Gasteiger charge is -2.25. The Morgan fingerprint density at radius 3 is 2.56 bits per heavy atom. The van der Waals surface area contributed by atoms with Crippen molar-refractivity contribution in [1.82, 2.24) is 4.90 Å². The van der Waals surface area contributed by atoms with Crippen LogP contribution in [0.1, 0.15) is 49.6 Å². The summed E-state index contributed by atoms with van der Waals surface area (Å²) in [6.07, 6.45) is 3.39. The molecule has 39 heavy (non-hydrogen) atoms. The van der Waals surface area contributed by atoms with Gasteiger partial charge in [0, 0.05) is 5.56 Å². The number of aliphatic hydroxyl groups is 1. The highest BCUT2D eigenvalue weighted by molar-refractivity contribution is 6.46. The lowest BCUT2D eigenvalue weighted by Crippen LogP contribution is -2.29. The Morgan fingerprint density at radius 1 is 1.00 bits per heavy atom. The number of hydrogen-bond donors (Lipinski definition) is 1. The number of aliphatic hydroxyl groups excluding tert-OH is 1. The number of nitrogens with zero attached hydrogens (tertiary/aromatic N) is 1. The van der Waals surface area contributed by atoms with E-state index >= 15 is 0 Å². The minimum atomic E-state index is -0.896. The fourth-order valence-corrected chi connectivity index (χ4v) is 4.71. The Labute approximate surface area is 226 Å². The molecule has 1 aromatic heterocycles. The van der Waals surface area contributed by atoms with Crippen LogP contribution >= 0.6 is 0 Å².